The molecule has 0 amide bonds. The fourth-order valence-corrected chi connectivity index (χ4v) is 1.80. The van der Waals surface area contributed by atoms with E-state index in [-0.39, 0.29) is 11.5 Å². The van der Waals surface area contributed by atoms with Gasteiger partial charge in [0.05, 0.1) is 0 Å². The number of phenols is 1. The van der Waals surface area contributed by atoms with Crippen molar-refractivity contribution >= 4 is 17.8 Å². The number of ketones is 1. The molecule has 0 aromatic heterocycles. The maximum atomic E-state index is 12.4. The van der Waals surface area contributed by atoms with Crippen molar-refractivity contribution < 1.29 is 19.8 Å². The van der Waals surface area contributed by atoms with Gasteiger partial charge < -0.3 is 10.2 Å². The van der Waals surface area contributed by atoms with Gasteiger partial charge in [-0.3, -0.25) is 4.79 Å². The van der Waals surface area contributed by atoms with E-state index in [0.29, 0.717) is 16.7 Å². The lowest BCUT2D eigenvalue weighted by molar-refractivity contribution is -0.131. The molecule has 2 aromatic rings. The van der Waals surface area contributed by atoms with E-state index in [1.54, 1.807) is 30.3 Å². The van der Waals surface area contributed by atoms with Crippen molar-refractivity contribution in [2.24, 2.45) is 0 Å². The van der Waals surface area contributed by atoms with Crippen LogP contribution in [0.2, 0.25) is 0 Å². The van der Waals surface area contributed by atoms with Crippen LogP contribution in [0, 0.1) is 0 Å². The zero-order chi connectivity index (χ0) is 14.5. The van der Waals surface area contributed by atoms with E-state index >= 15 is 0 Å². The number of aliphatic carboxylic acids is 1. The van der Waals surface area contributed by atoms with Crippen LogP contribution in [0.5, 0.6) is 5.75 Å². The molecular formula is C16H12O4. The van der Waals surface area contributed by atoms with Crippen LogP contribution in [0.25, 0.3) is 6.08 Å². The van der Waals surface area contributed by atoms with Crippen molar-refractivity contribution in [3.63, 3.8) is 0 Å². The Morgan fingerprint density at radius 3 is 2.35 bits per heavy atom. The highest BCUT2D eigenvalue weighted by Gasteiger charge is 2.12. The van der Waals surface area contributed by atoms with E-state index in [1.807, 2.05) is 0 Å². The maximum absolute atomic E-state index is 12.4. The van der Waals surface area contributed by atoms with Crippen LogP contribution in [-0.2, 0) is 4.79 Å². The molecular weight excluding hydrogens is 256 g/mol. The van der Waals surface area contributed by atoms with Gasteiger partial charge in [0, 0.05) is 17.2 Å². The van der Waals surface area contributed by atoms with Crippen LogP contribution in [0.15, 0.2) is 54.6 Å². The molecule has 4 heteroatoms. The third-order valence-electron chi connectivity index (χ3n) is 2.72. The molecule has 0 aliphatic carbocycles. The van der Waals surface area contributed by atoms with Gasteiger partial charge in [-0.2, -0.15) is 0 Å². The maximum Gasteiger partial charge on any atom is 0.328 e. The Hall–Kier alpha value is -2.88. The summed E-state index contributed by atoms with van der Waals surface area (Å²) in [5.74, 6) is -1.37. The van der Waals surface area contributed by atoms with Crippen molar-refractivity contribution in [1.82, 2.24) is 0 Å². The Kier molecular flexibility index (Phi) is 3.96. The SMILES string of the molecule is O=C(O)C=Cc1cc(O)ccc1C(=O)c1ccccc1. The fraction of sp³-hybridized carbons (Fsp3) is 0. The van der Waals surface area contributed by atoms with Gasteiger partial charge in [-0.05, 0) is 29.8 Å². The first-order valence-corrected chi connectivity index (χ1v) is 5.91. The summed E-state index contributed by atoms with van der Waals surface area (Å²) < 4.78 is 0. The highest BCUT2D eigenvalue weighted by atomic mass is 16.4. The van der Waals surface area contributed by atoms with Gasteiger partial charge in [0.1, 0.15) is 5.75 Å². The first-order valence-electron chi connectivity index (χ1n) is 5.91. The second kappa shape index (κ2) is 5.84. The number of carbonyl (C=O) groups excluding carboxylic acids is 1. The van der Waals surface area contributed by atoms with Crippen LogP contribution in [-0.4, -0.2) is 22.0 Å². The predicted octanol–water partition coefficient (Wildman–Crippen LogP) is 2.72. The summed E-state index contributed by atoms with van der Waals surface area (Å²) in [5, 5.41) is 18.1. The summed E-state index contributed by atoms with van der Waals surface area (Å²) in [6, 6.07) is 12.9. The minimum atomic E-state index is -1.12. The van der Waals surface area contributed by atoms with Gasteiger partial charge in [-0.15, -0.1) is 0 Å². The van der Waals surface area contributed by atoms with E-state index in [0.717, 1.165) is 6.08 Å². The van der Waals surface area contributed by atoms with Gasteiger partial charge in [0.15, 0.2) is 5.78 Å². The number of benzene rings is 2. The molecule has 0 spiro atoms. The first kappa shape index (κ1) is 13.5. The minimum absolute atomic E-state index is 0.0281. The minimum Gasteiger partial charge on any atom is -0.508 e. The van der Waals surface area contributed by atoms with Gasteiger partial charge in [0.2, 0.25) is 0 Å². The lowest BCUT2D eigenvalue weighted by Crippen LogP contribution is -2.03. The summed E-state index contributed by atoms with van der Waals surface area (Å²) in [6.45, 7) is 0. The Morgan fingerprint density at radius 1 is 1.00 bits per heavy atom. The molecule has 0 atom stereocenters. The number of hydrogen-bond donors (Lipinski definition) is 2. The molecule has 0 heterocycles. The monoisotopic (exact) mass is 268 g/mol. The summed E-state index contributed by atoms with van der Waals surface area (Å²) >= 11 is 0. The number of phenolic OH excluding ortho intramolecular Hbond substituents is 1. The third-order valence-corrected chi connectivity index (χ3v) is 2.72. The first-order chi connectivity index (χ1) is 9.58. The van der Waals surface area contributed by atoms with E-state index in [4.69, 9.17) is 5.11 Å². The Balaban J connectivity index is 2.46. The number of hydrogen-bond acceptors (Lipinski definition) is 3. The largest absolute Gasteiger partial charge is 0.508 e. The molecule has 0 saturated heterocycles. The second-order valence-corrected chi connectivity index (χ2v) is 4.14. The molecule has 100 valence electrons. The van der Waals surface area contributed by atoms with Gasteiger partial charge >= 0.3 is 5.97 Å². The van der Waals surface area contributed by atoms with Crippen molar-refractivity contribution in [1.29, 1.82) is 0 Å². The number of rotatable bonds is 4. The molecule has 2 aromatic carbocycles. The van der Waals surface area contributed by atoms with Crippen molar-refractivity contribution in [3.05, 3.63) is 71.3 Å². The molecule has 4 nitrogen and oxygen atoms in total. The van der Waals surface area contributed by atoms with E-state index in [1.165, 1.54) is 24.3 Å². The van der Waals surface area contributed by atoms with Gasteiger partial charge in [-0.1, -0.05) is 30.3 Å². The molecule has 0 aliphatic rings. The molecule has 2 rings (SSSR count). The number of carboxylic acids is 1. The van der Waals surface area contributed by atoms with Crippen molar-refractivity contribution in [3.8, 4) is 5.75 Å². The Labute approximate surface area is 115 Å². The van der Waals surface area contributed by atoms with E-state index in [9.17, 15) is 14.7 Å². The number of carboxylic acid groups (broad SMARTS) is 1. The van der Waals surface area contributed by atoms with E-state index in [2.05, 4.69) is 0 Å². The van der Waals surface area contributed by atoms with Crippen LogP contribution in [0.3, 0.4) is 0 Å². The highest BCUT2D eigenvalue weighted by Crippen LogP contribution is 2.21. The fourth-order valence-electron chi connectivity index (χ4n) is 1.80. The molecule has 0 bridgehead atoms. The summed E-state index contributed by atoms with van der Waals surface area (Å²) in [4.78, 5) is 22.9. The highest BCUT2D eigenvalue weighted by molar-refractivity contribution is 6.11. The molecule has 0 unspecified atom stereocenters. The Morgan fingerprint density at radius 2 is 1.70 bits per heavy atom. The van der Waals surface area contributed by atoms with Gasteiger partial charge in [-0.25, -0.2) is 4.79 Å². The molecule has 0 saturated carbocycles. The zero-order valence-electron chi connectivity index (χ0n) is 10.5. The quantitative estimate of drug-likeness (QED) is 0.660. The van der Waals surface area contributed by atoms with Crippen LogP contribution in [0.1, 0.15) is 21.5 Å². The average Bonchev–Trinajstić information content (AvgIpc) is 2.45. The number of carbonyl (C=O) groups is 2. The van der Waals surface area contributed by atoms with Crippen molar-refractivity contribution in [2.45, 2.75) is 0 Å². The molecule has 0 aliphatic heterocycles. The zero-order valence-corrected chi connectivity index (χ0v) is 10.5. The predicted molar refractivity (Wildman–Crippen MR) is 74.7 cm³/mol. The van der Waals surface area contributed by atoms with Crippen molar-refractivity contribution in [2.75, 3.05) is 0 Å². The molecule has 20 heavy (non-hydrogen) atoms. The molecule has 2 N–H and O–H groups in total. The van der Waals surface area contributed by atoms with Crippen LogP contribution in [0.4, 0.5) is 0 Å². The summed E-state index contributed by atoms with van der Waals surface area (Å²) in [5.41, 5.74) is 1.20. The molecule has 0 fully saturated rings. The van der Waals surface area contributed by atoms with Crippen LogP contribution >= 0.6 is 0 Å². The lowest BCUT2D eigenvalue weighted by Gasteiger charge is -2.06. The normalized spacial score (nSPS) is 10.6. The summed E-state index contributed by atoms with van der Waals surface area (Å²) in [6.07, 6.45) is 2.22. The smallest absolute Gasteiger partial charge is 0.328 e. The lowest BCUT2D eigenvalue weighted by atomic mass is 9.98. The van der Waals surface area contributed by atoms with E-state index < -0.39 is 5.97 Å². The topological polar surface area (TPSA) is 74.6 Å². The standard InChI is InChI=1S/C16H12O4/c17-13-7-8-14(12(10-13)6-9-15(18)19)16(20)11-4-2-1-3-5-11/h1-10,17H,(H,18,19). The second-order valence-electron chi connectivity index (χ2n) is 4.14. The van der Waals surface area contributed by atoms with Crippen LogP contribution < -0.4 is 0 Å². The third kappa shape index (κ3) is 3.11. The Bertz CT molecular complexity index is 672. The molecule has 0 radical (unpaired) electrons. The van der Waals surface area contributed by atoms with Gasteiger partial charge in [0.25, 0.3) is 0 Å². The summed E-state index contributed by atoms with van der Waals surface area (Å²) in [7, 11) is 0. The average molecular weight is 268 g/mol. The number of aromatic hydroxyl groups is 1.